The number of anilines is 1. The van der Waals surface area contributed by atoms with Crippen LogP contribution in [0.3, 0.4) is 0 Å². The minimum atomic E-state index is -0.750. The summed E-state index contributed by atoms with van der Waals surface area (Å²) in [5, 5.41) is 6.62. The third-order valence-corrected chi connectivity index (χ3v) is 5.52. The average molecular weight is 430 g/mol. The van der Waals surface area contributed by atoms with Gasteiger partial charge in [-0.3, -0.25) is 23.3 Å². The van der Waals surface area contributed by atoms with E-state index >= 15 is 0 Å². The van der Waals surface area contributed by atoms with Gasteiger partial charge in [0.05, 0.1) is 12.3 Å². The molecule has 0 saturated heterocycles. The number of aromatic amines is 1. The molecule has 3 aromatic rings. The van der Waals surface area contributed by atoms with Gasteiger partial charge in [-0.2, -0.15) is 0 Å². The Hall–Kier alpha value is -3.34. The van der Waals surface area contributed by atoms with E-state index in [0.717, 1.165) is 28.3 Å². The Morgan fingerprint density at radius 2 is 1.87 bits per heavy atom. The first-order chi connectivity index (χ1) is 14.3. The SMILES string of the molecule is CCCn1c(SCC(=O)c2c(N)n(Cc3ccccc3)c(=O)n(C)c2=O)n[nH]c1=O. The number of nitrogens with one attached hydrogen (secondary N) is 1. The van der Waals surface area contributed by atoms with E-state index in [4.69, 9.17) is 5.73 Å². The van der Waals surface area contributed by atoms with Gasteiger partial charge in [-0.25, -0.2) is 14.7 Å². The molecule has 0 aliphatic rings. The second-order valence-corrected chi connectivity index (χ2v) is 7.60. The van der Waals surface area contributed by atoms with E-state index in [9.17, 15) is 19.2 Å². The number of nitrogens with two attached hydrogens (primary N) is 1. The minimum absolute atomic E-state index is 0.127. The molecule has 0 bridgehead atoms. The number of carbonyl (C=O) groups is 1. The van der Waals surface area contributed by atoms with Crippen LogP contribution in [0.15, 0.2) is 49.9 Å². The molecule has 3 rings (SSSR count). The van der Waals surface area contributed by atoms with Crippen LogP contribution in [0.4, 0.5) is 5.82 Å². The van der Waals surface area contributed by atoms with Crippen molar-refractivity contribution in [3.8, 4) is 0 Å². The number of H-pyrrole nitrogens is 1. The van der Waals surface area contributed by atoms with Gasteiger partial charge in [0.1, 0.15) is 11.4 Å². The highest BCUT2D eigenvalue weighted by molar-refractivity contribution is 7.99. The predicted octanol–water partition coefficient (Wildman–Crippen LogP) is 0.447. The lowest BCUT2D eigenvalue weighted by Gasteiger charge is -2.14. The van der Waals surface area contributed by atoms with Crippen LogP contribution in [-0.2, 0) is 20.1 Å². The molecule has 2 heterocycles. The third-order valence-electron chi connectivity index (χ3n) is 4.55. The maximum absolute atomic E-state index is 12.8. The molecule has 1 aromatic carbocycles. The highest BCUT2D eigenvalue weighted by Gasteiger charge is 2.22. The smallest absolute Gasteiger partial charge is 0.343 e. The number of nitrogens with zero attached hydrogens (tertiary/aromatic N) is 4. The molecule has 0 unspecified atom stereocenters. The van der Waals surface area contributed by atoms with Gasteiger partial charge in [0, 0.05) is 13.6 Å². The number of nitrogen functional groups attached to an aromatic ring is 1. The molecule has 0 atom stereocenters. The molecule has 0 saturated carbocycles. The summed E-state index contributed by atoms with van der Waals surface area (Å²) in [5.41, 5.74) is 4.94. The van der Waals surface area contributed by atoms with E-state index in [1.807, 2.05) is 37.3 Å². The lowest BCUT2D eigenvalue weighted by atomic mass is 10.2. The van der Waals surface area contributed by atoms with Gasteiger partial charge >= 0.3 is 11.4 Å². The van der Waals surface area contributed by atoms with Crippen molar-refractivity contribution in [1.29, 1.82) is 0 Å². The number of Topliss-reactive ketones (excluding diaryl/α,β-unsaturated/α-hetero) is 1. The van der Waals surface area contributed by atoms with Gasteiger partial charge in [-0.1, -0.05) is 49.0 Å². The molecule has 10 nitrogen and oxygen atoms in total. The lowest BCUT2D eigenvalue weighted by molar-refractivity contribution is 0.102. The first kappa shape index (κ1) is 21.4. The Kier molecular flexibility index (Phi) is 6.40. The van der Waals surface area contributed by atoms with Gasteiger partial charge < -0.3 is 5.73 Å². The number of hydrogen-bond donors (Lipinski definition) is 2. The van der Waals surface area contributed by atoms with E-state index in [1.165, 1.54) is 16.2 Å². The molecule has 2 aromatic heterocycles. The molecule has 0 fully saturated rings. The number of thioether (sulfide) groups is 1. The topological polar surface area (TPSA) is 138 Å². The molecule has 3 N–H and O–H groups in total. The summed E-state index contributed by atoms with van der Waals surface area (Å²) >= 11 is 1.03. The monoisotopic (exact) mass is 430 g/mol. The molecule has 0 aliphatic carbocycles. The van der Waals surface area contributed by atoms with Gasteiger partial charge in [-0.15, -0.1) is 5.10 Å². The Morgan fingerprint density at radius 3 is 2.53 bits per heavy atom. The van der Waals surface area contributed by atoms with Crippen LogP contribution in [0, 0.1) is 0 Å². The highest BCUT2D eigenvalue weighted by Crippen LogP contribution is 2.17. The second kappa shape index (κ2) is 8.99. The highest BCUT2D eigenvalue weighted by atomic mass is 32.2. The maximum atomic E-state index is 12.8. The Labute approximate surface area is 175 Å². The van der Waals surface area contributed by atoms with Crippen molar-refractivity contribution in [2.24, 2.45) is 7.05 Å². The third kappa shape index (κ3) is 4.15. The summed E-state index contributed by atoms with van der Waals surface area (Å²) in [4.78, 5) is 49.8. The van der Waals surface area contributed by atoms with E-state index in [-0.39, 0.29) is 29.4 Å². The Balaban J connectivity index is 1.93. The second-order valence-electron chi connectivity index (χ2n) is 6.65. The van der Waals surface area contributed by atoms with Crippen molar-refractivity contribution in [3.05, 3.63) is 72.8 Å². The number of hydrogen-bond acceptors (Lipinski definition) is 7. The molecule has 0 radical (unpaired) electrons. The Bertz CT molecular complexity index is 1240. The molecule has 30 heavy (non-hydrogen) atoms. The Morgan fingerprint density at radius 1 is 1.17 bits per heavy atom. The molecule has 0 amide bonds. The standard InChI is InChI=1S/C19H22N6O4S/c1-3-9-24-17(28)21-22-18(24)30-11-13(26)14-15(20)25(19(29)23(2)16(14)27)10-12-7-5-4-6-8-12/h4-8H,3,9-11,20H2,1-2H3,(H,21,28). The van der Waals surface area contributed by atoms with Crippen LogP contribution in [0.25, 0.3) is 0 Å². The summed E-state index contributed by atoms with van der Waals surface area (Å²) in [6, 6.07) is 9.12. The van der Waals surface area contributed by atoms with Crippen molar-refractivity contribution < 1.29 is 4.79 Å². The van der Waals surface area contributed by atoms with Crippen molar-refractivity contribution in [2.45, 2.75) is 31.6 Å². The average Bonchev–Trinajstić information content (AvgIpc) is 3.09. The van der Waals surface area contributed by atoms with Crippen molar-refractivity contribution in [2.75, 3.05) is 11.5 Å². The predicted molar refractivity (Wildman–Crippen MR) is 114 cm³/mol. The van der Waals surface area contributed by atoms with Gasteiger partial charge in [0.25, 0.3) is 5.56 Å². The minimum Gasteiger partial charge on any atom is -0.384 e. The fourth-order valence-corrected chi connectivity index (χ4v) is 3.85. The van der Waals surface area contributed by atoms with E-state index in [2.05, 4.69) is 10.2 Å². The number of benzene rings is 1. The lowest BCUT2D eigenvalue weighted by Crippen LogP contribution is -2.43. The fraction of sp³-hybridized carbons (Fsp3) is 0.316. The molecular weight excluding hydrogens is 408 g/mol. The molecule has 158 valence electrons. The van der Waals surface area contributed by atoms with Gasteiger partial charge in [0.15, 0.2) is 10.9 Å². The van der Waals surface area contributed by atoms with Crippen LogP contribution < -0.4 is 22.7 Å². The maximum Gasteiger partial charge on any atom is 0.343 e. The van der Waals surface area contributed by atoms with Crippen LogP contribution in [-0.4, -0.2) is 35.4 Å². The first-order valence-corrected chi connectivity index (χ1v) is 10.3. The van der Waals surface area contributed by atoms with Crippen LogP contribution in [0.1, 0.15) is 29.3 Å². The zero-order valence-corrected chi connectivity index (χ0v) is 17.4. The summed E-state index contributed by atoms with van der Waals surface area (Å²) < 4.78 is 3.50. The zero-order chi connectivity index (χ0) is 21.8. The normalized spacial score (nSPS) is 11.0. The van der Waals surface area contributed by atoms with Gasteiger partial charge in [-0.05, 0) is 12.0 Å². The van der Waals surface area contributed by atoms with Crippen molar-refractivity contribution in [1.82, 2.24) is 23.9 Å². The van der Waals surface area contributed by atoms with E-state index in [0.29, 0.717) is 11.7 Å². The van der Waals surface area contributed by atoms with Gasteiger partial charge in [0.2, 0.25) is 0 Å². The number of carbonyl (C=O) groups excluding carboxylic acids is 1. The van der Waals surface area contributed by atoms with Crippen LogP contribution in [0.5, 0.6) is 0 Å². The molecule has 11 heteroatoms. The number of rotatable bonds is 8. The largest absolute Gasteiger partial charge is 0.384 e. The van der Waals surface area contributed by atoms with E-state index in [1.54, 1.807) is 0 Å². The van der Waals surface area contributed by atoms with Crippen LogP contribution in [0.2, 0.25) is 0 Å². The van der Waals surface area contributed by atoms with Crippen molar-refractivity contribution in [3.63, 3.8) is 0 Å². The quantitative estimate of drug-likeness (QED) is 0.391. The number of ketones is 1. The molecular formula is C19H22N6O4S. The van der Waals surface area contributed by atoms with E-state index < -0.39 is 17.0 Å². The zero-order valence-electron chi connectivity index (χ0n) is 16.6. The summed E-state index contributed by atoms with van der Waals surface area (Å²) in [5.74, 6) is -0.874. The summed E-state index contributed by atoms with van der Waals surface area (Å²) in [6.45, 7) is 2.50. The first-order valence-electron chi connectivity index (χ1n) is 9.29. The number of aromatic nitrogens is 5. The van der Waals surface area contributed by atoms with Crippen molar-refractivity contribution >= 4 is 23.4 Å². The summed E-state index contributed by atoms with van der Waals surface area (Å²) in [7, 11) is 1.31. The molecule has 0 aliphatic heterocycles. The molecule has 0 spiro atoms. The fourth-order valence-electron chi connectivity index (χ4n) is 3.00. The van der Waals surface area contributed by atoms with Crippen LogP contribution >= 0.6 is 11.8 Å². The summed E-state index contributed by atoms with van der Waals surface area (Å²) in [6.07, 6.45) is 0.721.